The summed E-state index contributed by atoms with van der Waals surface area (Å²) in [5.74, 6) is -0.339. The molecule has 0 saturated heterocycles. The van der Waals surface area contributed by atoms with E-state index in [1.54, 1.807) is 29.4 Å². The fourth-order valence-electron chi connectivity index (χ4n) is 1.91. The second-order valence-corrected chi connectivity index (χ2v) is 4.48. The van der Waals surface area contributed by atoms with Crippen molar-refractivity contribution in [2.45, 2.75) is 6.61 Å². The molecule has 1 aromatic heterocycles. The number of benzene rings is 2. The van der Waals surface area contributed by atoms with Gasteiger partial charge in [0.2, 0.25) is 0 Å². The molecule has 0 fully saturated rings. The predicted molar refractivity (Wildman–Crippen MR) is 76.9 cm³/mol. The molecular formula is C16H13N3O2. The first-order valence-electron chi connectivity index (χ1n) is 6.49. The first-order valence-corrected chi connectivity index (χ1v) is 6.49. The molecule has 0 spiro atoms. The number of carbonyl (C=O) groups is 1. The molecule has 21 heavy (non-hydrogen) atoms. The summed E-state index contributed by atoms with van der Waals surface area (Å²) >= 11 is 0. The molecule has 0 radical (unpaired) electrons. The van der Waals surface area contributed by atoms with Gasteiger partial charge in [-0.2, -0.15) is 0 Å². The van der Waals surface area contributed by atoms with Gasteiger partial charge in [0, 0.05) is 5.69 Å². The van der Waals surface area contributed by atoms with Crippen molar-refractivity contribution in [3.8, 4) is 5.69 Å². The van der Waals surface area contributed by atoms with Crippen LogP contribution >= 0.6 is 0 Å². The molecule has 0 aliphatic heterocycles. The highest BCUT2D eigenvalue weighted by Gasteiger charge is 2.07. The van der Waals surface area contributed by atoms with Gasteiger partial charge >= 0.3 is 5.97 Å². The van der Waals surface area contributed by atoms with Gasteiger partial charge < -0.3 is 4.74 Å². The fraction of sp³-hybridized carbons (Fsp3) is 0.0625. The van der Waals surface area contributed by atoms with Gasteiger partial charge in [0.05, 0.1) is 5.56 Å². The van der Waals surface area contributed by atoms with Gasteiger partial charge in [-0.05, 0) is 29.8 Å². The van der Waals surface area contributed by atoms with Crippen LogP contribution in [0.15, 0.2) is 67.3 Å². The Morgan fingerprint density at radius 2 is 1.62 bits per heavy atom. The minimum atomic E-state index is -0.339. The monoisotopic (exact) mass is 279 g/mol. The zero-order chi connectivity index (χ0) is 14.5. The zero-order valence-electron chi connectivity index (χ0n) is 11.2. The molecule has 0 unspecified atom stereocenters. The Labute approximate surface area is 121 Å². The number of nitrogens with zero attached hydrogens (tertiary/aromatic N) is 3. The van der Waals surface area contributed by atoms with E-state index in [-0.39, 0.29) is 12.6 Å². The maximum atomic E-state index is 12.0. The van der Waals surface area contributed by atoms with E-state index in [0.29, 0.717) is 5.56 Å². The number of carbonyl (C=O) groups excluding carboxylic acids is 1. The summed E-state index contributed by atoms with van der Waals surface area (Å²) in [6.07, 6.45) is 3.20. The molecular weight excluding hydrogens is 266 g/mol. The van der Waals surface area contributed by atoms with Gasteiger partial charge in [-0.25, -0.2) is 4.79 Å². The van der Waals surface area contributed by atoms with Gasteiger partial charge in [-0.15, -0.1) is 10.2 Å². The van der Waals surface area contributed by atoms with E-state index in [1.165, 1.54) is 0 Å². The Morgan fingerprint density at radius 3 is 2.29 bits per heavy atom. The third kappa shape index (κ3) is 3.14. The first-order chi connectivity index (χ1) is 10.3. The molecule has 1 heterocycles. The number of esters is 1. The molecule has 0 N–H and O–H groups in total. The van der Waals surface area contributed by atoms with E-state index >= 15 is 0 Å². The largest absolute Gasteiger partial charge is 0.457 e. The quantitative estimate of drug-likeness (QED) is 0.689. The summed E-state index contributed by atoms with van der Waals surface area (Å²) < 4.78 is 7.04. The van der Waals surface area contributed by atoms with Crippen LogP contribution in [0.1, 0.15) is 15.9 Å². The lowest BCUT2D eigenvalue weighted by atomic mass is 10.2. The average molecular weight is 279 g/mol. The van der Waals surface area contributed by atoms with Crippen LogP contribution in [0, 0.1) is 0 Å². The van der Waals surface area contributed by atoms with E-state index < -0.39 is 0 Å². The number of aromatic nitrogens is 3. The fourth-order valence-corrected chi connectivity index (χ4v) is 1.91. The highest BCUT2D eigenvalue weighted by atomic mass is 16.5. The molecule has 3 rings (SSSR count). The third-order valence-corrected chi connectivity index (χ3v) is 3.03. The second kappa shape index (κ2) is 6.00. The minimum absolute atomic E-state index is 0.271. The summed E-state index contributed by atoms with van der Waals surface area (Å²) in [6, 6.07) is 16.7. The van der Waals surface area contributed by atoms with Gasteiger partial charge in [0.15, 0.2) is 0 Å². The van der Waals surface area contributed by atoms with E-state index in [2.05, 4.69) is 10.2 Å². The van der Waals surface area contributed by atoms with Crippen molar-refractivity contribution in [3.63, 3.8) is 0 Å². The molecule has 2 aromatic carbocycles. The van der Waals surface area contributed by atoms with Crippen molar-refractivity contribution in [1.29, 1.82) is 0 Å². The van der Waals surface area contributed by atoms with Crippen molar-refractivity contribution in [2.75, 3.05) is 0 Å². The number of ether oxygens (including phenoxy) is 1. The average Bonchev–Trinajstić information content (AvgIpc) is 3.08. The van der Waals surface area contributed by atoms with Crippen LogP contribution in [0.25, 0.3) is 5.69 Å². The Balaban J connectivity index is 1.65. The Hall–Kier alpha value is -2.95. The van der Waals surface area contributed by atoms with Crippen molar-refractivity contribution in [1.82, 2.24) is 14.8 Å². The van der Waals surface area contributed by atoms with Crippen LogP contribution in [0.2, 0.25) is 0 Å². The SMILES string of the molecule is O=C(OCc1ccccc1)c1ccc(-n2cnnc2)cc1. The second-order valence-electron chi connectivity index (χ2n) is 4.48. The lowest BCUT2D eigenvalue weighted by Gasteiger charge is -2.06. The summed E-state index contributed by atoms with van der Waals surface area (Å²) in [7, 11) is 0. The summed E-state index contributed by atoms with van der Waals surface area (Å²) in [6.45, 7) is 0.271. The lowest BCUT2D eigenvalue weighted by molar-refractivity contribution is 0.0473. The molecule has 104 valence electrons. The van der Waals surface area contributed by atoms with E-state index in [0.717, 1.165) is 11.3 Å². The van der Waals surface area contributed by atoms with Gasteiger partial charge in [0.1, 0.15) is 19.3 Å². The topological polar surface area (TPSA) is 57.0 Å². The van der Waals surface area contributed by atoms with E-state index in [9.17, 15) is 4.79 Å². The molecule has 5 nitrogen and oxygen atoms in total. The molecule has 3 aromatic rings. The van der Waals surface area contributed by atoms with Crippen LogP contribution < -0.4 is 0 Å². The number of rotatable bonds is 4. The van der Waals surface area contributed by atoms with Crippen LogP contribution in [-0.2, 0) is 11.3 Å². The normalized spacial score (nSPS) is 10.3. The summed E-state index contributed by atoms with van der Waals surface area (Å²) in [5, 5.41) is 7.48. The van der Waals surface area contributed by atoms with Crippen molar-refractivity contribution >= 4 is 5.97 Å². The highest BCUT2D eigenvalue weighted by molar-refractivity contribution is 5.89. The Morgan fingerprint density at radius 1 is 0.952 bits per heavy atom. The molecule has 0 saturated carbocycles. The van der Waals surface area contributed by atoms with Gasteiger partial charge in [-0.3, -0.25) is 4.57 Å². The van der Waals surface area contributed by atoms with Gasteiger partial charge in [0.25, 0.3) is 0 Å². The molecule has 0 aliphatic rings. The van der Waals surface area contributed by atoms with Crippen LogP contribution in [0.5, 0.6) is 0 Å². The smallest absolute Gasteiger partial charge is 0.338 e. The first kappa shape index (κ1) is 13.1. The maximum absolute atomic E-state index is 12.0. The zero-order valence-corrected chi connectivity index (χ0v) is 11.2. The van der Waals surface area contributed by atoms with Crippen molar-refractivity contribution < 1.29 is 9.53 Å². The standard InChI is InChI=1S/C16H13N3O2/c20-16(21-10-13-4-2-1-3-5-13)14-6-8-15(9-7-14)19-11-17-18-12-19/h1-9,11-12H,10H2. The van der Waals surface area contributed by atoms with Crippen LogP contribution in [0.3, 0.4) is 0 Å². The van der Waals surface area contributed by atoms with Crippen molar-refractivity contribution in [2.24, 2.45) is 0 Å². The summed E-state index contributed by atoms with van der Waals surface area (Å²) in [5.41, 5.74) is 2.37. The van der Waals surface area contributed by atoms with Crippen LogP contribution in [-0.4, -0.2) is 20.7 Å². The third-order valence-electron chi connectivity index (χ3n) is 3.03. The van der Waals surface area contributed by atoms with Crippen molar-refractivity contribution in [3.05, 3.63) is 78.4 Å². The Kier molecular flexibility index (Phi) is 3.73. The highest BCUT2D eigenvalue weighted by Crippen LogP contribution is 2.11. The lowest BCUT2D eigenvalue weighted by Crippen LogP contribution is -2.05. The molecule has 0 amide bonds. The maximum Gasteiger partial charge on any atom is 0.338 e. The Bertz CT molecular complexity index is 707. The minimum Gasteiger partial charge on any atom is -0.457 e. The number of hydrogen-bond donors (Lipinski definition) is 0. The molecule has 0 bridgehead atoms. The molecule has 0 atom stereocenters. The van der Waals surface area contributed by atoms with E-state index in [4.69, 9.17) is 4.74 Å². The molecule has 5 heteroatoms. The van der Waals surface area contributed by atoms with Crippen LogP contribution in [0.4, 0.5) is 0 Å². The summed E-state index contributed by atoms with van der Waals surface area (Å²) in [4.78, 5) is 12.0. The molecule has 0 aliphatic carbocycles. The van der Waals surface area contributed by atoms with E-state index in [1.807, 2.05) is 42.5 Å². The predicted octanol–water partition coefficient (Wildman–Crippen LogP) is 2.62. The number of hydrogen-bond acceptors (Lipinski definition) is 4. The van der Waals surface area contributed by atoms with Gasteiger partial charge in [-0.1, -0.05) is 30.3 Å².